The summed E-state index contributed by atoms with van der Waals surface area (Å²) >= 11 is 1.19. The Balaban J connectivity index is 1.96. The van der Waals surface area contributed by atoms with Gasteiger partial charge in [0.25, 0.3) is 0 Å². The summed E-state index contributed by atoms with van der Waals surface area (Å²) in [6.07, 6.45) is 2.03. The largest absolute Gasteiger partial charge is 0.378 e. The second-order valence-electron chi connectivity index (χ2n) is 4.93. The first-order valence-electron chi connectivity index (χ1n) is 7.08. The van der Waals surface area contributed by atoms with Gasteiger partial charge in [0, 0.05) is 29.7 Å². The molecule has 0 atom stereocenters. The van der Waals surface area contributed by atoms with E-state index in [0.717, 1.165) is 29.2 Å². The molecular formula is C16H16N2O3S. The van der Waals surface area contributed by atoms with E-state index in [4.69, 9.17) is 4.74 Å². The molecule has 0 aliphatic carbocycles. The quantitative estimate of drug-likeness (QED) is 0.640. The molecule has 2 aromatic rings. The van der Waals surface area contributed by atoms with E-state index in [0.29, 0.717) is 13.2 Å². The lowest BCUT2D eigenvalue weighted by molar-refractivity contribution is -0.380. The molecule has 6 heteroatoms. The van der Waals surface area contributed by atoms with Crippen molar-refractivity contribution in [3.63, 3.8) is 0 Å². The van der Waals surface area contributed by atoms with Gasteiger partial charge in [0.1, 0.15) is 0 Å². The Labute approximate surface area is 132 Å². The molecule has 0 unspecified atom stereocenters. The molecule has 1 fully saturated rings. The first-order valence-corrected chi connectivity index (χ1v) is 7.90. The van der Waals surface area contributed by atoms with Crippen molar-refractivity contribution in [2.45, 2.75) is 0 Å². The minimum Gasteiger partial charge on any atom is -0.378 e. The third-order valence-corrected chi connectivity index (χ3v) is 4.48. The highest BCUT2D eigenvalue weighted by Gasteiger charge is 2.16. The Morgan fingerprint density at radius 2 is 1.91 bits per heavy atom. The third-order valence-electron chi connectivity index (χ3n) is 3.49. The van der Waals surface area contributed by atoms with E-state index < -0.39 is 0 Å². The van der Waals surface area contributed by atoms with E-state index in [1.54, 1.807) is 12.1 Å². The van der Waals surface area contributed by atoms with Crippen LogP contribution in [0.25, 0.3) is 11.8 Å². The number of nitro groups is 1. The van der Waals surface area contributed by atoms with Crippen LogP contribution in [0, 0.1) is 10.1 Å². The average Bonchev–Trinajstić information content (AvgIpc) is 3.03. The monoisotopic (exact) mass is 316 g/mol. The van der Waals surface area contributed by atoms with Crippen molar-refractivity contribution in [1.29, 1.82) is 0 Å². The maximum Gasteiger partial charge on any atom is 0.324 e. The van der Waals surface area contributed by atoms with Crippen LogP contribution < -0.4 is 0 Å². The van der Waals surface area contributed by atoms with E-state index in [2.05, 4.69) is 17.0 Å². The van der Waals surface area contributed by atoms with Crippen LogP contribution in [0.1, 0.15) is 10.4 Å². The molecule has 1 aromatic carbocycles. The smallest absolute Gasteiger partial charge is 0.324 e. The van der Waals surface area contributed by atoms with Crippen LogP contribution in [-0.2, 0) is 4.74 Å². The molecule has 0 spiro atoms. The van der Waals surface area contributed by atoms with E-state index in [1.165, 1.54) is 11.3 Å². The number of thiophene rings is 1. The van der Waals surface area contributed by atoms with E-state index >= 15 is 0 Å². The van der Waals surface area contributed by atoms with Crippen LogP contribution in [0.5, 0.6) is 0 Å². The summed E-state index contributed by atoms with van der Waals surface area (Å²) in [5.74, 6) is 0. The van der Waals surface area contributed by atoms with Gasteiger partial charge < -0.3 is 9.64 Å². The van der Waals surface area contributed by atoms with Crippen molar-refractivity contribution in [3.05, 3.63) is 63.0 Å². The van der Waals surface area contributed by atoms with Crippen molar-refractivity contribution in [3.8, 4) is 0 Å². The van der Waals surface area contributed by atoms with E-state index in [1.807, 2.05) is 24.3 Å². The molecule has 3 rings (SSSR count). The summed E-state index contributed by atoms with van der Waals surface area (Å²) in [6, 6.07) is 13.5. The van der Waals surface area contributed by atoms with Gasteiger partial charge in [-0.3, -0.25) is 10.1 Å². The molecule has 5 nitrogen and oxygen atoms in total. The molecule has 22 heavy (non-hydrogen) atoms. The standard InChI is InChI=1S/C16H16N2O3S/c19-18(20)16-7-6-14(22-16)12-15(13-4-2-1-3-5-13)17-8-10-21-11-9-17/h1-7,12H,8-11H2/b15-12+. The average molecular weight is 316 g/mol. The van der Waals surface area contributed by atoms with Crippen molar-refractivity contribution >= 4 is 28.1 Å². The summed E-state index contributed by atoms with van der Waals surface area (Å²) in [5, 5.41) is 11.0. The Kier molecular flexibility index (Phi) is 4.50. The summed E-state index contributed by atoms with van der Waals surface area (Å²) < 4.78 is 5.42. The molecule has 1 aliphatic rings. The number of morpholine rings is 1. The van der Waals surface area contributed by atoms with Crippen LogP contribution >= 0.6 is 11.3 Å². The fourth-order valence-corrected chi connectivity index (χ4v) is 3.18. The fourth-order valence-electron chi connectivity index (χ4n) is 2.42. The zero-order valence-corrected chi connectivity index (χ0v) is 12.8. The lowest BCUT2D eigenvalue weighted by Gasteiger charge is -2.31. The van der Waals surface area contributed by atoms with Gasteiger partial charge in [-0.15, -0.1) is 0 Å². The second kappa shape index (κ2) is 6.72. The summed E-state index contributed by atoms with van der Waals surface area (Å²) in [7, 11) is 0. The Morgan fingerprint density at radius 1 is 1.18 bits per heavy atom. The van der Waals surface area contributed by atoms with Gasteiger partial charge in [0.05, 0.1) is 18.1 Å². The molecule has 0 saturated carbocycles. The number of hydrogen-bond acceptors (Lipinski definition) is 5. The lowest BCUT2D eigenvalue weighted by Crippen LogP contribution is -2.34. The predicted molar refractivity (Wildman–Crippen MR) is 87.7 cm³/mol. The number of hydrogen-bond donors (Lipinski definition) is 0. The van der Waals surface area contributed by atoms with E-state index in [-0.39, 0.29) is 9.92 Å². The molecular weight excluding hydrogens is 300 g/mol. The molecule has 114 valence electrons. The molecule has 0 amide bonds. The number of nitrogens with zero attached hydrogens (tertiary/aromatic N) is 2. The van der Waals surface area contributed by atoms with Crippen molar-refractivity contribution in [1.82, 2.24) is 4.90 Å². The molecule has 2 heterocycles. The zero-order chi connectivity index (χ0) is 15.4. The van der Waals surface area contributed by atoms with Gasteiger partial charge in [-0.1, -0.05) is 41.7 Å². The van der Waals surface area contributed by atoms with Gasteiger partial charge in [0.15, 0.2) is 0 Å². The third kappa shape index (κ3) is 3.35. The SMILES string of the molecule is O=[N+]([O-])c1ccc(/C=C(\c2ccccc2)N2CCOCC2)s1. The van der Waals surface area contributed by atoms with Gasteiger partial charge >= 0.3 is 5.00 Å². The number of rotatable bonds is 4. The van der Waals surface area contributed by atoms with Crippen molar-refractivity contribution in [2.75, 3.05) is 26.3 Å². The van der Waals surface area contributed by atoms with Crippen molar-refractivity contribution < 1.29 is 9.66 Å². The minimum atomic E-state index is -0.348. The molecule has 0 N–H and O–H groups in total. The fraction of sp³-hybridized carbons (Fsp3) is 0.250. The topological polar surface area (TPSA) is 55.6 Å². The van der Waals surface area contributed by atoms with Crippen molar-refractivity contribution in [2.24, 2.45) is 0 Å². The van der Waals surface area contributed by atoms with Crippen LogP contribution in [0.15, 0.2) is 42.5 Å². The summed E-state index contributed by atoms with van der Waals surface area (Å²) in [5.41, 5.74) is 2.20. The van der Waals surface area contributed by atoms with Crippen LogP contribution in [-0.4, -0.2) is 36.1 Å². The molecule has 1 aliphatic heterocycles. The molecule has 1 saturated heterocycles. The summed E-state index contributed by atoms with van der Waals surface area (Å²) in [6.45, 7) is 3.06. The van der Waals surface area contributed by atoms with Gasteiger partial charge in [0.2, 0.25) is 0 Å². The molecule has 1 aromatic heterocycles. The van der Waals surface area contributed by atoms with Crippen LogP contribution in [0.4, 0.5) is 5.00 Å². The minimum absolute atomic E-state index is 0.167. The first-order chi connectivity index (χ1) is 10.7. The van der Waals surface area contributed by atoms with E-state index in [9.17, 15) is 10.1 Å². The highest BCUT2D eigenvalue weighted by atomic mass is 32.1. The Bertz CT molecular complexity index is 676. The Hall–Kier alpha value is -2.18. The highest BCUT2D eigenvalue weighted by molar-refractivity contribution is 7.16. The van der Waals surface area contributed by atoms with Gasteiger partial charge in [-0.2, -0.15) is 0 Å². The van der Waals surface area contributed by atoms with Crippen LogP contribution in [0.3, 0.4) is 0 Å². The summed E-state index contributed by atoms with van der Waals surface area (Å²) in [4.78, 5) is 13.6. The lowest BCUT2D eigenvalue weighted by atomic mass is 10.1. The zero-order valence-electron chi connectivity index (χ0n) is 12.0. The maximum atomic E-state index is 10.8. The maximum absolute atomic E-state index is 10.8. The van der Waals surface area contributed by atoms with Crippen LogP contribution in [0.2, 0.25) is 0 Å². The first kappa shape index (κ1) is 14.7. The van der Waals surface area contributed by atoms with Gasteiger partial charge in [-0.25, -0.2) is 0 Å². The normalized spacial score (nSPS) is 15.8. The Morgan fingerprint density at radius 3 is 2.55 bits per heavy atom. The highest BCUT2D eigenvalue weighted by Crippen LogP contribution is 2.29. The molecule has 0 bridgehead atoms. The second-order valence-corrected chi connectivity index (χ2v) is 6.02. The number of ether oxygens (including phenoxy) is 1. The molecule has 0 radical (unpaired) electrons. The number of benzene rings is 1. The van der Waals surface area contributed by atoms with Gasteiger partial charge in [-0.05, 0) is 17.7 Å². The predicted octanol–water partition coefficient (Wildman–Crippen LogP) is 3.49.